The Morgan fingerprint density at radius 3 is 2.54 bits per heavy atom. The molecule has 0 N–H and O–H groups in total. The van der Waals surface area contributed by atoms with Crippen LogP contribution in [0.5, 0.6) is 11.5 Å². The summed E-state index contributed by atoms with van der Waals surface area (Å²) >= 11 is 1.72. The van der Waals surface area contributed by atoms with Crippen molar-refractivity contribution in [2.24, 2.45) is 0 Å². The van der Waals surface area contributed by atoms with Crippen molar-refractivity contribution >= 4 is 11.3 Å². The summed E-state index contributed by atoms with van der Waals surface area (Å²) in [6.45, 7) is 6.89. The zero-order valence-electron chi connectivity index (χ0n) is 16.6. The second kappa shape index (κ2) is 8.37. The van der Waals surface area contributed by atoms with Crippen molar-refractivity contribution in [2.75, 3.05) is 20.2 Å². The predicted molar refractivity (Wildman–Crippen MR) is 111 cm³/mol. The minimum absolute atomic E-state index is 0.218. The molecule has 28 heavy (non-hydrogen) atoms. The van der Waals surface area contributed by atoms with Crippen LogP contribution in [-0.2, 0) is 6.54 Å². The van der Waals surface area contributed by atoms with E-state index >= 15 is 0 Å². The molecule has 1 fully saturated rings. The van der Waals surface area contributed by atoms with Gasteiger partial charge in [-0.05, 0) is 51.0 Å². The molecule has 4 rings (SSSR count). The van der Waals surface area contributed by atoms with Crippen LogP contribution in [0.4, 0.5) is 0 Å². The molecule has 0 spiro atoms. The largest absolute Gasteiger partial charge is 0.493 e. The molecule has 1 aromatic carbocycles. The topological polar surface area (TPSA) is 47.7 Å². The smallest absolute Gasteiger partial charge is 0.236 e. The number of ether oxygens (including phenoxy) is 2. The van der Waals surface area contributed by atoms with Crippen molar-refractivity contribution in [3.63, 3.8) is 0 Å². The second-order valence-corrected chi connectivity index (χ2v) is 8.46. The van der Waals surface area contributed by atoms with Gasteiger partial charge in [-0.1, -0.05) is 12.1 Å². The fourth-order valence-corrected chi connectivity index (χ4v) is 4.32. The Kier molecular flexibility index (Phi) is 5.69. The SMILES string of the molecule is COc1ccccc1OC1CCN(Cc2nc(-c3ccc(C)s3)oc2C)CC1. The summed E-state index contributed by atoms with van der Waals surface area (Å²) < 4.78 is 17.5. The molecule has 0 atom stereocenters. The maximum absolute atomic E-state index is 6.18. The third-order valence-electron chi connectivity index (χ3n) is 5.11. The lowest BCUT2D eigenvalue weighted by Crippen LogP contribution is -2.38. The molecule has 6 heteroatoms. The summed E-state index contributed by atoms with van der Waals surface area (Å²) in [5.41, 5.74) is 1.03. The number of likely N-dealkylation sites (tertiary alicyclic amines) is 1. The summed E-state index contributed by atoms with van der Waals surface area (Å²) in [4.78, 5) is 9.54. The number of benzene rings is 1. The molecule has 3 aromatic rings. The summed E-state index contributed by atoms with van der Waals surface area (Å²) in [6, 6.07) is 12.0. The lowest BCUT2D eigenvalue weighted by Gasteiger charge is -2.32. The Bertz CT molecular complexity index is 926. The third kappa shape index (κ3) is 4.23. The van der Waals surface area contributed by atoms with Gasteiger partial charge in [-0.25, -0.2) is 4.98 Å². The van der Waals surface area contributed by atoms with Crippen LogP contribution in [0.3, 0.4) is 0 Å². The number of hydrogen-bond donors (Lipinski definition) is 0. The number of methoxy groups -OCH3 is 1. The highest BCUT2D eigenvalue weighted by molar-refractivity contribution is 7.15. The molecular formula is C22H26N2O3S. The third-order valence-corrected chi connectivity index (χ3v) is 6.10. The standard InChI is InChI=1S/C22H26N2O3S/c1-15-8-9-21(28-15)22-23-18(16(2)26-22)14-24-12-10-17(11-13-24)27-20-7-5-4-6-19(20)25-3/h4-9,17H,10-14H2,1-3H3. The van der Waals surface area contributed by atoms with Gasteiger partial charge in [-0.2, -0.15) is 0 Å². The van der Waals surface area contributed by atoms with E-state index in [-0.39, 0.29) is 6.10 Å². The van der Waals surface area contributed by atoms with Gasteiger partial charge >= 0.3 is 0 Å². The molecule has 1 aliphatic rings. The van der Waals surface area contributed by atoms with Crippen LogP contribution >= 0.6 is 11.3 Å². The van der Waals surface area contributed by atoms with Gasteiger partial charge < -0.3 is 13.9 Å². The predicted octanol–water partition coefficient (Wildman–Crippen LogP) is 5.07. The molecule has 148 valence electrons. The molecule has 0 unspecified atom stereocenters. The van der Waals surface area contributed by atoms with Crippen LogP contribution in [0.1, 0.15) is 29.2 Å². The first kappa shape index (κ1) is 19.0. The van der Waals surface area contributed by atoms with Gasteiger partial charge in [-0.3, -0.25) is 4.90 Å². The number of oxazole rings is 1. The molecule has 2 aromatic heterocycles. The maximum Gasteiger partial charge on any atom is 0.236 e. The Hall–Kier alpha value is -2.31. The average Bonchev–Trinajstić information content (AvgIpc) is 3.29. The zero-order chi connectivity index (χ0) is 19.5. The molecule has 5 nitrogen and oxygen atoms in total. The van der Waals surface area contributed by atoms with Crippen molar-refractivity contribution in [2.45, 2.75) is 39.3 Å². The number of piperidine rings is 1. The summed E-state index contributed by atoms with van der Waals surface area (Å²) in [6.07, 6.45) is 2.20. The number of nitrogens with zero attached hydrogens (tertiary/aromatic N) is 2. The molecule has 0 amide bonds. The van der Waals surface area contributed by atoms with Crippen LogP contribution in [0.2, 0.25) is 0 Å². The average molecular weight is 399 g/mol. The lowest BCUT2D eigenvalue weighted by molar-refractivity contribution is 0.0935. The molecule has 1 aliphatic heterocycles. The first-order chi connectivity index (χ1) is 13.6. The number of hydrogen-bond acceptors (Lipinski definition) is 6. The van der Waals surface area contributed by atoms with Gasteiger partial charge in [0.1, 0.15) is 11.9 Å². The van der Waals surface area contributed by atoms with Crippen molar-refractivity contribution in [1.29, 1.82) is 0 Å². The van der Waals surface area contributed by atoms with E-state index in [2.05, 4.69) is 24.0 Å². The van der Waals surface area contributed by atoms with E-state index in [0.717, 1.165) is 66.2 Å². The van der Waals surface area contributed by atoms with Gasteiger partial charge in [0.05, 0.1) is 17.7 Å². The number of rotatable bonds is 6. The van der Waals surface area contributed by atoms with Crippen LogP contribution in [0.15, 0.2) is 40.8 Å². The molecule has 3 heterocycles. The van der Waals surface area contributed by atoms with Crippen LogP contribution in [-0.4, -0.2) is 36.2 Å². The molecule has 1 saturated heterocycles. The van der Waals surface area contributed by atoms with Crippen molar-refractivity contribution < 1.29 is 13.9 Å². The Morgan fingerprint density at radius 1 is 1.11 bits per heavy atom. The minimum atomic E-state index is 0.218. The van der Waals surface area contributed by atoms with E-state index in [0.29, 0.717) is 0 Å². The lowest BCUT2D eigenvalue weighted by atomic mass is 10.1. The molecule has 0 radical (unpaired) electrons. The van der Waals surface area contributed by atoms with E-state index in [1.54, 1.807) is 18.4 Å². The highest BCUT2D eigenvalue weighted by Crippen LogP contribution is 2.31. The number of aryl methyl sites for hydroxylation is 2. The normalized spacial score (nSPS) is 15.7. The van der Waals surface area contributed by atoms with Gasteiger partial charge in [-0.15, -0.1) is 11.3 Å². The van der Waals surface area contributed by atoms with Crippen LogP contribution < -0.4 is 9.47 Å². The number of aromatic nitrogens is 1. The zero-order valence-corrected chi connectivity index (χ0v) is 17.4. The number of thiophene rings is 1. The van der Waals surface area contributed by atoms with Gasteiger partial charge in [0.15, 0.2) is 11.5 Å². The van der Waals surface area contributed by atoms with E-state index in [9.17, 15) is 0 Å². The summed E-state index contributed by atoms with van der Waals surface area (Å²) in [7, 11) is 1.68. The Morgan fingerprint density at radius 2 is 1.86 bits per heavy atom. The van der Waals surface area contributed by atoms with E-state index in [1.807, 2.05) is 31.2 Å². The van der Waals surface area contributed by atoms with E-state index in [4.69, 9.17) is 18.9 Å². The van der Waals surface area contributed by atoms with Gasteiger partial charge in [0.2, 0.25) is 5.89 Å². The maximum atomic E-state index is 6.18. The van der Waals surface area contributed by atoms with Gasteiger partial charge in [0.25, 0.3) is 0 Å². The van der Waals surface area contributed by atoms with Crippen molar-refractivity contribution in [3.8, 4) is 22.3 Å². The van der Waals surface area contributed by atoms with E-state index < -0.39 is 0 Å². The van der Waals surface area contributed by atoms with Crippen LogP contribution in [0, 0.1) is 13.8 Å². The van der Waals surface area contributed by atoms with Gasteiger partial charge in [0, 0.05) is 24.5 Å². The van der Waals surface area contributed by atoms with Crippen molar-refractivity contribution in [1.82, 2.24) is 9.88 Å². The summed E-state index contributed by atoms with van der Waals surface area (Å²) in [5, 5.41) is 0. The highest BCUT2D eigenvalue weighted by Gasteiger charge is 2.23. The monoisotopic (exact) mass is 398 g/mol. The molecule has 0 saturated carbocycles. The summed E-state index contributed by atoms with van der Waals surface area (Å²) in [5.74, 6) is 3.26. The Balaban J connectivity index is 1.34. The molecule has 0 bridgehead atoms. The highest BCUT2D eigenvalue weighted by atomic mass is 32.1. The Labute approximate surface area is 169 Å². The first-order valence-corrected chi connectivity index (χ1v) is 10.5. The number of para-hydroxylation sites is 2. The van der Waals surface area contributed by atoms with Crippen LogP contribution in [0.25, 0.3) is 10.8 Å². The second-order valence-electron chi connectivity index (χ2n) is 7.18. The van der Waals surface area contributed by atoms with E-state index in [1.165, 1.54) is 4.88 Å². The van der Waals surface area contributed by atoms with Crippen molar-refractivity contribution in [3.05, 3.63) is 52.7 Å². The fraction of sp³-hybridized carbons (Fsp3) is 0.409. The molecule has 0 aliphatic carbocycles. The fourth-order valence-electron chi connectivity index (χ4n) is 3.52. The molecular weight excluding hydrogens is 372 g/mol. The minimum Gasteiger partial charge on any atom is -0.493 e. The quantitative estimate of drug-likeness (QED) is 0.580. The first-order valence-electron chi connectivity index (χ1n) is 9.67.